The highest BCUT2D eigenvalue weighted by atomic mass is 32.1. The van der Waals surface area contributed by atoms with Crippen molar-refractivity contribution in [3.05, 3.63) is 276 Å². The number of likely N-dealkylation sites (tertiary alicyclic amines) is 3. The van der Waals surface area contributed by atoms with Gasteiger partial charge < -0.3 is 34.8 Å². The van der Waals surface area contributed by atoms with E-state index in [9.17, 15) is 63.3 Å². The van der Waals surface area contributed by atoms with Gasteiger partial charge in [0.05, 0.1) is 39.0 Å². The molecule has 3 N–H and O–H groups in total. The number of carbonyl (C=O) groups excluding carboxylic acids is 7. The first kappa shape index (κ1) is 107. The molecule has 23 nitrogen and oxygen atoms in total. The van der Waals surface area contributed by atoms with Gasteiger partial charge in [0.2, 0.25) is 17.7 Å². The summed E-state index contributed by atoms with van der Waals surface area (Å²) in [7, 11) is 0. The number of amides is 3. The van der Waals surface area contributed by atoms with Gasteiger partial charge >= 0.3 is 17.9 Å². The van der Waals surface area contributed by atoms with Crippen LogP contribution in [-0.2, 0) is 69.7 Å². The van der Waals surface area contributed by atoms with E-state index in [1.54, 1.807) is 39.5 Å². The minimum atomic E-state index is -0.898. The largest absolute Gasteiger partial charge is 0.493 e. The van der Waals surface area contributed by atoms with Gasteiger partial charge in [-0.25, -0.2) is 29.9 Å². The molecule has 0 unspecified atom stereocenters. The van der Waals surface area contributed by atoms with E-state index in [4.69, 9.17) is 4.74 Å². The van der Waals surface area contributed by atoms with Crippen molar-refractivity contribution in [2.75, 3.05) is 45.9 Å². The zero-order valence-corrected chi connectivity index (χ0v) is 87.4. The summed E-state index contributed by atoms with van der Waals surface area (Å²) in [6, 6.07) is 58.7. The van der Waals surface area contributed by atoms with E-state index >= 15 is 0 Å². The third-order valence-electron chi connectivity index (χ3n) is 26.3. The second kappa shape index (κ2) is 47.0. The van der Waals surface area contributed by atoms with Crippen molar-refractivity contribution >= 4 is 92.8 Å². The van der Waals surface area contributed by atoms with Crippen LogP contribution in [0.25, 0.3) is 67.5 Å². The number of ether oxygens (including phenoxy) is 1. The summed E-state index contributed by atoms with van der Waals surface area (Å²) in [5, 5.41) is 28.5. The van der Waals surface area contributed by atoms with E-state index in [2.05, 4.69) is 165 Å². The van der Waals surface area contributed by atoms with Crippen molar-refractivity contribution in [3.8, 4) is 73.3 Å². The number of benzene rings is 6. The Morgan fingerprint density at radius 1 is 0.343 bits per heavy atom. The summed E-state index contributed by atoms with van der Waals surface area (Å²) in [5.41, 5.74) is 12.9. The van der Waals surface area contributed by atoms with Crippen LogP contribution in [0.4, 0.5) is 0 Å². The number of Topliss-reactive ketones (excluding diaryl/α,β-unsaturated/α-hetero) is 4. The number of nitrogens with zero attached hydrogens (tertiary/aromatic N) is 9. The topological polar surface area (TPSA) is 328 Å². The van der Waals surface area contributed by atoms with E-state index < -0.39 is 53.4 Å². The van der Waals surface area contributed by atoms with Crippen molar-refractivity contribution in [2.24, 2.45) is 40.9 Å². The first-order valence-electron chi connectivity index (χ1n) is 49.4. The Morgan fingerprint density at radius 3 is 0.888 bits per heavy atom. The highest BCUT2D eigenvalue weighted by molar-refractivity contribution is 7.15. The predicted molar refractivity (Wildman–Crippen MR) is 565 cm³/mol. The molecule has 12 aromatic rings. The molecule has 0 bridgehead atoms. The first-order chi connectivity index (χ1) is 67.8. The van der Waals surface area contributed by atoms with Gasteiger partial charge in [0, 0.05) is 173 Å². The molecule has 748 valence electrons. The zero-order valence-electron chi connectivity index (χ0n) is 85.0. The maximum atomic E-state index is 13.7. The SMILES string of the molecule is CC(C)(C)COc1ccc(-c2cnc(-c3ccc(C[C@H](CC(=O)c4ccc(C(C)(C)C)s4)C(=O)N4CC[C@H](C(=O)O)C4)cc3)nc2)cc1.CC(C)(C)c1ccc(-c2cnc(-c3ccc(C[C@H](CC(=O)c4ccc(C(C)(C)C)s4)C(=O)N4CC[C@H](C(=O)O)C4)cc3)nc2)cc1.CCCCCC(=O)c1ccc(-c2cnc(-c3ccc(C[C@H](CC(=O)c4ccc(C(C)(C)C)s4)C(=O)N4CC[C@H](C(=O)O)C4)cc3)nc2)cc1. The fraction of sp³-hybridized carbons (Fsp3) is 0.402. The van der Waals surface area contributed by atoms with Crippen molar-refractivity contribution in [3.63, 3.8) is 0 Å². The van der Waals surface area contributed by atoms with E-state index in [1.807, 2.05) is 170 Å². The number of hydrogen-bond donors (Lipinski definition) is 3. The number of carboxylic acid groups (broad SMARTS) is 3. The molecule has 0 aliphatic carbocycles. The lowest BCUT2D eigenvalue weighted by Crippen LogP contribution is -2.37. The number of unbranched alkanes of at least 4 members (excludes halogenated alkanes) is 2. The molecule has 26 heteroatoms. The van der Waals surface area contributed by atoms with Crippen LogP contribution in [0, 0.1) is 40.9 Å². The van der Waals surface area contributed by atoms with Crippen LogP contribution in [-0.4, -0.2) is 165 Å². The lowest BCUT2D eigenvalue weighted by molar-refractivity contribution is -0.143. The molecule has 0 spiro atoms. The maximum absolute atomic E-state index is 13.7. The van der Waals surface area contributed by atoms with Gasteiger partial charge in [-0.2, -0.15) is 0 Å². The molecule has 3 aliphatic heterocycles. The van der Waals surface area contributed by atoms with Crippen molar-refractivity contribution in [2.45, 2.75) is 216 Å². The summed E-state index contributed by atoms with van der Waals surface area (Å²) in [6.45, 7) is 36.4. The van der Waals surface area contributed by atoms with Crippen LogP contribution in [0.2, 0.25) is 0 Å². The Labute approximate surface area is 851 Å². The smallest absolute Gasteiger partial charge is 0.308 e. The van der Waals surface area contributed by atoms with Crippen molar-refractivity contribution < 1.29 is 68.0 Å². The monoisotopic (exact) mass is 1980 g/mol. The highest BCUT2D eigenvalue weighted by Crippen LogP contribution is 2.39. The molecular formula is C117H133N9O14S3. The van der Waals surface area contributed by atoms with E-state index in [-0.39, 0.29) is 107 Å². The van der Waals surface area contributed by atoms with Gasteiger partial charge in [-0.15, -0.1) is 34.0 Å². The van der Waals surface area contributed by atoms with Gasteiger partial charge in [0.25, 0.3) is 0 Å². The second-order valence-corrected chi connectivity index (χ2v) is 46.5. The molecule has 6 aromatic carbocycles. The molecule has 3 amide bonds. The van der Waals surface area contributed by atoms with Crippen LogP contribution < -0.4 is 4.74 Å². The molecule has 3 aliphatic rings. The van der Waals surface area contributed by atoms with Gasteiger partial charge in [-0.1, -0.05) is 257 Å². The molecule has 6 aromatic heterocycles. The van der Waals surface area contributed by atoms with Crippen LogP contribution in [0.5, 0.6) is 5.75 Å². The average molecular weight is 1990 g/mol. The van der Waals surface area contributed by atoms with E-state index in [0.29, 0.717) is 103 Å². The minimum Gasteiger partial charge on any atom is -0.493 e. The van der Waals surface area contributed by atoms with Crippen molar-refractivity contribution in [1.29, 1.82) is 0 Å². The minimum absolute atomic E-state index is 0.0531. The van der Waals surface area contributed by atoms with Gasteiger partial charge in [-0.05, 0) is 159 Å². The summed E-state index contributed by atoms with van der Waals surface area (Å²) in [5.74, 6) is -4.19. The standard InChI is InChI=1S/C40H45N3O5S.C39H45N3O5S.C38H43N3O4S/c1-5-6-7-8-33(44)28-15-13-27(14-16-28)32-23-41-37(42-24-32)29-11-9-26(10-12-29)21-31(38(46)43-20-19-30(25-43)39(47)48)22-34(45)35-17-18-36(49-35)40(2,3)4;1-38(2,3)24-47-31-13-11-26(12-14-31)30-21-40-35(41-22-30)27-9-7-25(8-10-27)19-29(36(44)42-18-17-28(23-42)37(45)46)20-32(43)33-15-16-34(48-33)39(4,5)6;1-37(2,3)30-13-11-25(12-14-30)29-21-39-34(40-22-29)26-9-7-24(8-10-26)19-28(35(43)41-18-17-27(23-41)36(44)45)20-31(42)32-15-16-33(46-32)38(4,5)6/h9-18,23-24,30-31H,5-8,19-22,25H2,1-4H3,(H,47,48);7-16,21-22,28-29H,17-20,23-24H2,1-6H3,(H,45,46);7-16,21-22,27-28H,17-20,23H2,1-6H3,(H,44,45)/t30-,31+;28-,29+;27-,28+/m000/s1. The molecule has 3 saturated heterocycles. The fourth-order valence-corrected chi connectivity index (χ4v) is 20.5. The predicted octanol–water partition coefficient (Wildman–Crippen LogP) is 24.1. The summed E-state index contributed by atoms with van der Waals surface area (Å²) < 4.78 is 5.88. The van der Waals surface area contributed by atoms with E-state index in [1.165, 1.54) is 39.6 Å². The number of hydrogen-bond acceptors (Lipinski definition) is 20. The second-order valence-electron chi connectivity index (χ2n) is 43.3. The Morgan fingerprint density at radius 2 is 0.629 bits per heavy atom. The fourth-order valence-electron chi connectivity index (χ4n) is 17.5. The number of rotatable bonds is 34. The Kier molecular flexibility index (Phi) is 35.2. The molecular weight excluding hydrogens is 1850 g/mol. The molecule has 3 fully saturated rings. The molecule has 0 saturated carbocycles. The first-order valence-corrected chi connectivity index (χ1v) is 51.9. The quantitative estimate of drug-likeness (QED) is 0.0249. The lowest BCUT2D eigenvalue weighted by Gasteiger charge is -2.23. The number of ketones is 4. The van der Waals surface area contributed by atoms with Crippen LogP contribution >= 0.6 is 34.0 Å². The van der Waals surface area contributed by atoms with Crippen LogP contribution in [0.1, 0.15) is 251 Å². The molecule has 15 rings (SSSR count). The van der Waals surface area contributed by atoms with Crippen LogP contribution in [0.15, 0.2) is 219 Å². The van der Waals surface area contributed by atoms with Crippen LogP contribution in [0.3, 0.4) is 0 Å². The van der Waals surface area contributed by atoms with Gasteiger partial charge in [-0.3, -0.25) is 47.9 Å². The molecule has 143 heavy (non-hydrogen) atoms. The number of thiophene rings is 3. The summed E-state index contributed by atoms with van der Waals surface area (Å²) >= 11 is 4.42. The van der Waals surface area contributed by atoms with Gasteiger partial charge in [0.1, 0.15) is 5.75 Å². The Hall–Kier alpha value is -13.0. The molecule has 6 atom stereocenters. The van der Waals surface area contributed by atoms with E-state index in [0.717, 1.165) is 112 Å². The number of aliphatic carboxylic acids is 3. The lowest BCUT2D eigenvalue weighted by atomic mass is 9.86. The Bertz CT molecular complexity index is 6440. The Balaban J connectivity index is 0.000000180. The average Bonchev–Trinajstić information content (AvgIpc) is 1.80. The summed E-state index contributed by atoms with van der Waals surface area (Å²) in [4.78, 5) is 166. The molecule has 9 heterocycles. The normalized spacial score (nSPS) is 15.6. The zero-order chi connectivity index (χ0) is 103. The number of aromatic nitrogens is 6. The number of carbonyl (C=O) groups is 10. The van der Waals surface area contributed by atoms with Gasteiger partial charge in [0.15, 0.2) is 40.6 Å². The third kappa shape index (κ3) is 29.4. The number of carboxylic acids is 3. The third-order valence-corrected chi connectivity index (χ3v) is 30.9. The highest BCUT2D eigenvalue weighted by Gasteiger charge is 2.40. The van der Waals surface area contributed by atoms with Crippen molar-refractivity contribution in [1.82, 2.24) is 44.6 Å². The molecule has 0 radical (unpaired) electrons. The maximum Gasteiger partial charge on any atom is 0.308 e. The summed E-state index contributed by atoms with van der Waals surface area (Å²) in [6.07, 6.45) is 17.0.